The molecule has 1 aliphatic rings. The first-order chi connectivity index (χ1) is 7.18. The van der Waals surface area contributed by atoms with Crippen molar-refractivity contribution in [2.75, 3.05) is 19.7 Å². The second-order valence-corrected chi connectivity index (χ2v) is 3.36. The van der Waals surface area contributed by atoms with Gasteiger partial charge in [0, 0.05) is 13.1 Å². The molecule has 2 nitrogen and oxygen atoms in total. The van der Waals surface area contributed by atoms with Gasteiger partial charge in [-0.2, -0.15) is 0 Å². The predicted octanol–water partition coefficient (Wildman–Crippen LogP) is 1.76. The predicted molar refractivity (Wildman–Crippen MR) is 47.9 cm³/mol. The number of morpholine rings is 1. The normalized spacial score (nSPS) is 21.7. The number of halogens is 3. The zero-order valence-corrected chi connectivity index (χ0v) is 7.90. The van der Waals surface area contributed by atoms with Gasteiger partial charge in [0.25, 0.3) is 0 Å². The molecular formula is C10H10F3NO. The van der Waals surface area contributed by atoms with Crippen LogP contribution >= 0.6 is 0 Å². The zero-order valence-electron chi connectivity index (χ0n) is 7.90. The fourth-order valence-corrected chi connectivity index (χ4v) is 1.54. The third-order valence-electron chi connectivity index (χ3n) is 2.31. The molecule has 1 atom stereocenters. The minimum Gasteiger partial charge on any atom is -0.371 e. The lowest BCUT2D eigenvalue weighted by Gasteiger charge is -2.24. The Hall–Kier alpha value is -1.07. The molecule has 1 aliphatic heterocycles. The van der Waals surface area contributed by atoms with E-state index in [9.17, 15) is 13.2 Å². The average molecular weight is 217 g/mol. The Balaban J connectivity index is 2.27. The fourth-order valence-electron chi connectivity index (χ4n) is 1.54. The number of hydrogen-bond donors (Lipinski definition) is 1. The van der Waals surface area contributed by atoms with E-state index in [2.05, 4.69) is 5.32 Å². The smallest absolute Gasteiger partial charge is 0.194 e. The van der Waals surface area contributed by atoms with Crippen LogP contribution in [0, 0.1) is 17.5 Å². The first kappa shape index (κ1) is 10.4. The molecule has 0 bridgehead atoms. The second kappa shape index (κ2) is 4.20. The maximum absolute atomic E-state index is 12.9. The number of ether oxygens (including phenoxy) is 1. The van der Waals surface area contributed by atoms with Crippen LogP contribution in [0.5, 0.6) is 0 Å². The first-order valence-electron chi connectivity index (χ1n) is 4.65. The number of rotatable bonds is 1. The maximum Gasteiger partial charge on any atom is 0.194 e. The lowest BCUT2D eigenvalue weighted by molar-refractivity contribution is 0.0272. The van der Waals surface area contributed by atoms with Gasteiger partial charge in [0.2, 0.25) is 0 Å². The van der Waals surface area contributed by atoms with E-state index in [4.69, 9.17) is 4.74 Å². The van der Waals surface area contributed by atoms with Crippen LogP contribution in [0.1, 0.15) is 11.7 Å². The van der Waals surface area contributed by atoms with Crippen LogP contribution in [0.4, 0.5) is 13.2 Å². The van der Waals surface area contributed by atoms with Crippen molar-refractivity contribution in [2.45, 2.75) is 6.10 Å². The van der Waals surface area contributed by atoms with E-state index in [1.165, 1.54) is 0 Å². The average Bonchev–Trinajstić information content (AvgIpc) is 2.26. The minimum absolute atomic E-state index is 0.318. The Morgan fingerprint density at radius 3 is 2.40 bits per heavy atom. The molecule has 0 aliphatic carbocycles. The summed E-state index contributed by atoms with van der Waals surface area (Å²) in [6.07, 6.45) is -0.414. The van der Waals surface area contributed by atoms with Crippen LogP contribution in [0.15, 0.2) is 12.1 Å². The van der Waals surface area contributed by atoms with Crippen molar-refractivity contribution in [3.05, 3.63) is 35.1 Å². The third-order valence-corrected chi connectivity index (χ3v) is 2.31. The van der Waals surface area contributed by atoms with Gasteiger partial charge >= 0.3 is 0 Å². The molecule has 0 spiro atoms. The highest BCUT2D eigenvalue weighted by Crippen LogP contribution is 2.22. The summed E-state index contributed by atoms with van der Waals surface area (Å²) in [4.78, 5) is 0. The molecule has 2 rings (SSSR count). The highest BCUT2D eigenvalue weighted by atomic mass is 19.2. The Morgan fingerprint density at radius 1 is 1.20 bits per heavy atom. The van der Waals surface area contributed by atoms with Crippen molar-refractivity contribution in [3.8, 4) is 0 Å². The molecule has 1 aromatic carbocycles. The molecule has 82 valence electrons. The third kappa shape index (κ3) is 2.13. The van der Waals surface area contributed by atoms with Gasteiger partial charge < -0.3 is 10.1 Å². The van der Waals surface area contributed by atoms with Gasteiger partial charge in [-0.15, -0.1) is 0 Å². The van der Waals surface area contributed by atoms with Crippen molar-refractivity contribution in [1.29, 1.82) is 0 Å². The highest BCUT2D eigenvalue weighted by Gasteiger charge is 2.19. The number of benzene rings is 1. The van der Waals surface area contributed by atoms with Crippen molar-refractivity contribution < 1.29 is 17.9 Å². The molecule has 1 aromatic rings. The van der Waals surface area contributed by atoms with Crippen molar-refractivity contribution >= 4 is 0 Å². The molecule has 1 saturated heterocycles. The molecule has 0 radical (unpaired) electrons. The Morgan fingerprint density at radius 2 is 1.87 bits per heavy atom. The van der Waals surface area contributed by atoms with Gasteiger partial charge in [0.1, 0.15) is 0 Å². The van der Waals surface area contributed by atoms with Crippen LogP contribution in [0.2, 0.25) is 0 Å². The molecule has 0 saturated carbocycles. The molecule has 1 unspecified atom stereocenters. The topological polar surface area (TPSA) is 21.3 Å². The SMILES string of the molecule is Fc1cc(C2CNCCO2)cc(F)c1F. The summed E-state index contributed by atoms with van der Waals surface area (Å²) >= 11 is 0. The van der Waals surface area contributed by atoms with Crippen LogP contribution in [-0.2, 0) is 4.74 Å². The molecule has 1 N–H and O–H groups in total. The summed E-state index contributed by atoms with van der Waals surface area (Å²) in [6, 6.07) is 1.94. The Kier molecular flexibility index (Phi) is 2.93. The largest absolute Gasteiger partial charge is 0.371 e. The van der Waals surface area contributed by atoms with Gasteiger partial charge in [0.05, 0.1) is 12.7 Å². The summed E-state index contributed by atoms with van der Waals surface area (Å²) in [6.45, 7) is 1.67. The molecule has 5 heteroatoms. The first-order valence-corrected chi connectivity index (χ1v) is 4.65. The van der Waals surface area contributed by atoms with Crippen molar-refractivity contribution in [1.82, 2.24) is 5.32 Å². The summed E-state index contributed by atoms with van der Waals surface area (Å²) in [5, 5.41) is 3.02. The van der Waals surface area contributed by atoms with E-state index in [-0.39, 0.29) is 0 Å². The molecule has 15 heavy (non-hydrogen) atoms. The molecular weight excluding hydrogens is 207 g/mol. The monoisotopic (exact) mass is 217 g/mol. The van der Waals surface area contributed by atoms with E-state index < -0.39 is 23.6 Å². The quantitative estimate of drug-likeness (QED) is 0.724. The fraction of sp³-hybridized carbons (Fsp3) is 0.400. The van der Waals surface area contributed by atoms with Gasteiger partial charge in [0.15, 0.2) is 17.5 Å². The van der Waals surface area contributed by atoms with Crippen LogP contribution < -0.4 is 5.32 Å². The minimum atomic E-state index is -1.44. The van der Waals surface area contributed by atoms with Crippen LogP contribution in [0.25, 0.3) is 0 Å². The van der Waals surface area contributed by atoms with Gasteiger partial charge in [-0.25, -0.2) is 13.2 Å². The van der Waals surface area contributed by atoms with E-state index in [0.717, 1.165) is 12.1 Å². The molecule has 0 amide bonds. The van der Waals surface area contributed by atoms with E-state index in [1.807, 2.05) is 0 Å². The van der Waals surface area contributed by atoms with Gasteiger partial charge in [-0.3, -0.25) is 0 Å². The molecule has 1 fully saturated rings. The van der Waals surface area contributed by atoms with E-state index in [1.54, 1.807) is 0 Å². The second-order valence-electron chi connectivity index (χ2n) is 3.36. The summed E-state index contributed by atoms with van der Waals surface area (Å²) in [5.41, 5.74) is 0.318. The Labute approximate surface area is 85.0 Å². The maximum atomic E-state index is 12.9. The van der Waals surface area contributed by atoms with Crippen LogP contribution in [0.3, 0.4) is 0 Å². The standard InChI is InChI=1S/C10H10F3NO/c11-7-3-6(4-8(12)10(7)13)9-5-14-1-2-15-9/h3-4,9,14H,1-2,5H2. The van der Waals surface area contributed by atoms with Crippen molar-refractivity contribution in [3.63, 3.8) is 0 Å². The summed E-state index contributed by atoms with van der Waals surface area (Å²) < 4.78 is 43.8. The van der Waals surface area contributed by atoms with Gasteiger partial charge in [-0.1, -0.05) is 0 Å². The highest BCUT2D eigenvalue weighted by molar-refractivity contribution is 5.22. The zero-order chi connectivity index (χ0) is 10.8. The summed E-state index contributed by atoms with van der Waals surface area (Å²) in [5.74, 6) is -3.80. The van der Waals surface area contributed by atoms with Gasteiger partial charge in [-0.05, 0) is 17.7 Å². The summed E-state index contributed by atoms with van der Waals surface area (Å²) in [7, 11) is 0. The molecule has 1 heterocycles. The van der Waals surface area contributed by atoms with Crippen molar-refractivity contribution in [2.24, 2.45) is 0 Å². The lowest BCUT2D eigenvalue weighted by Crippen LogP contribution is -2.33. The molecule has 0 aromatic heterocycles. The van der Waals surface area contributed by atoms with E-state index in [0.29, 0.717) is 25.3 Å². The number of hydrogen-bond acceptors (Lipinski definition) is 2. The number of nitrogens with one attached hydrogen (secondary N) is 1. The Bertz CT molecular complexity index is 341. The lowest BCUT2D eigenvalue weighted by atomic mass is 10.1. The van der Waals surface area contributed by atoms with E-state index >= 15 is 0 Å². The van der Waals surface area contributed by atoms with Crippen LogP contribution in [-0.4, -0.2) is 19.7 Å².